The summed E-state index contributed by atoms with van der Waals surface area (Å²) >= 11 is 22.1. The van der Waals surface area contributed by atoms with Crippen LogP contribution in [0.2, 0.25) is 0 Å². The van der Waals surface area contributed by atoms with Crippen LogP contribution in [0.4, 0.5) is 0 Å². The molecule has 0 heterocycles. The van der Waals surface area contributed by atoms with E-state index < -0.39 is 0 Å². The van der Waals surface area contributed by atoms with Crippen molar-refractivity contribution in [1.29, 1.82) is 0 Å². The van der Waals surface area contributed by atoms with Gasteiger partial charge in [-0.15, -0.1) is 22.9 Å². The zero-order valence-corrected chi connectivity index (χ0v) is 22.7. The predicted octanol–water partition coefficient (Wildman–Crippen LogP) is 4.78. The Morgan fingerprint density at radius 1 is 0.400 bits per heavy atom. The fraction of sp³-hybridized carbons (Fsp3) is 0. The number of hydrogen-bond acceptors (Lipinski definition) is 0. The third-order valence-electron chi connectivity index (χ3n) is 2.71. The number of hydrogen-bond donors (Lipinski definition) is 0. The quantitative estimate of drug-likeness (QED) is 0.263. The molecule has 0 aliphatic heterocycles. The first kappa shape index (κ1) is 31.7. The topological polar surface area (TPSA) is 0 Å². The van der Waals surface area contributed by atoms with Crippen molar-refractivity contribution in [3.05, 3.63) is 142 Å². The molecule has 0 aromatic rings. The molecule has 153 valence electrons. The molecule has 0 bridgehead atoms. The first-order valence-corrected chi connectivity index (χ1v) is 9.55. The van der Waals surface area contributed by atoms with Crippen LogP contribution in [0.3, 0.4) is 0 Å². The molecule has 0 spiro atoms. The van der Waals surface area contributed by atoms with E-state index in [1.54, 1.807) is 98.6 Å². The first-order valence-electron chi connectivity index (χ1n) is 8.04. The average molecular weight is 648 g/mol. The normalized spacial score (nSPS) is 15.9. The van der Waals surface area contributed by atoms with Crippen LogP contribution >= 0.6 is 46.4 Å². The van der Waals surface area contributed by atoms with Crippen LogP contribution in [0.15, 0.2) is 116 Å². The van der Waals surface area contributed by atoms with Gasteiger partial charge in [0.25, 0.3) is 0 Å². The van der Waals surface area contributed by atoms with E-state index in [2.05, 4.69) is 22.9 Å². The maximum atomic E-state index is 5.52. The van der Waals surface area contributed by atoms with E-state index in [1.165, 1.54) is 0 Å². The van der Waals surface area contributed by atoms with Gasteiger partial charge in [0.05, 0.1) is 0 Å². The zero-order chi connectivity index (χ0) is 20.5. The van der Waals surface area contributed by atoms with Crippen LogP contribution in [-0.2, 0) is 0 Å². The predicted molar refractivity (Wildman–Crippen MR) is 129 cm³/mol. The molecule has 4 aliphatic rings. The summed E-state index contributed by atoms with van der Waals surface area (Å²) in [6, 6.07) is 0. The van der Waals surface area contributed by atoms with E-state index >= 15 is 0 Å². The van der Waals surface area contributed by atoms with E-state index in [4.69, 9.17) is 46.4 Å². The van der Waals surface area contributed by atoms with Crippen LogP contribution in [-0.4, -0.2) is 24.4 Å². The maximum Gasteiger partial charge on any atom is 0.0320 e. The molecule has 0 atom stereocenters. The SMILES string of the molecule is ClC1=CC=C=C[CH]1.ClC1=CC=C=C[CH]1.ClC1=CC=C=C[CH]1.ClC1=CC=C=C[CH]1.[Br-].[Sb]. The Morgan fingerprint density at radius 2 is 0.600 bits per heavy atom. The average Bonchev–Trinajstić information content (AvgIpc) is 2.72. The molecule has 6 heteroatoms. The van der Waals surface area contributed by atoms with Crippen molar-refractivity contribution in [1.82, 2.24) is 0 Å². The molecular weight excluding hydrogens is 632 g/mol. The van der Waals surface area contributed by atoms with E-state index in [0.717, 1.165) is 20.1 Å². The van der Waals surface area contributed by atoms with Crippen molar-refractivity contribution in [3.63, 3.8) is 0 Å². The van der Waals surface area contributed by atoms with Crippen molar-refractivity contribution < 1.29 is 17.0 Å². The molecule has 0 unspecified atom stereocenters. The summed E-state index contributed by atoms with van der Waals surface area (Å²) in [6.07, 6.45) is 28.6. The Labute approximate surface area is 227 Å². The van der Waals surface area contributed by atoms with Gasteiger partial charge in [-0.2, -0.15) is 0 Å². The van der Waals surface area contributed by atoms with Crippen molar-refractivity contribution in [2.75, 3.05) is 0 Å². The Kier molecular flexibility index (Phi) is 22.9. The van der Waals surface area contributed by atoms with E-state index in [9.17, 15) is 0 Å². The second kappa shape index (κ2) is 21.7. The molecule has 7 radical (unpaired) electrons. The zero-order valence-electron chi connectivity index (χ0n) is 15.6. The summed E-state index contributed by atoms with van der Waals surface area (Å²) in [7, 11) is 0. The van der Waals surface area contributed by atoms with Gasteiger partial charge in [0, 0.05) is 70.2 Å². The summed E-state index contributed by atoms with van der Waals surface area (Å²) < 4.78 is 0. The van der Waals surface area contributed by atoms with E-state index in [-0.39, 0.29) is 41.4 Å². The van der Waals surface area contributed by atoms with Crippen LogP contribution < -0.4 is 17.0 Å². The molecule has 4 aliphatic carbocycles. The number of halogens is 5. The molecule has 0 saturated carbocycles. The van der Waals surface area contributed by atoms with Gasteiger partial charge >= 0.3 is 0 Å². The summed E-state index contributed by atoms with van der Waals surface area (Å²) in [6.45, 7) is 0. The Morgan fingerprint density at radius 3 is 0.667 bits per heavy atom. The van der Waals surface area contributed by atoms with E-state index in [0.29, 0.717) is 0 Å². The van der Waals surface area contributed by atoms with Crippen LogP contribution in [0.5, 0.6) is 0 Å². The minimum absolute atomic E-state index is 0. The van der Waals surface area contributed by atoms with Gasteiger partial charge < -0.3 is 17.0 Å². The van der Waals surface area contributed by atoms with Crippen molar-refractivity contribution >= 4 is 70.8 Å². The molecule has 30 heavy (non-hydrogen) atoms. The Balaban J connectivity index is 0. The fourth-order valence-electron chi connectivity index (χ4n) is 1.47. The summed E-state index contributed by atoms with van der Waals surface area (Å²) in [4.78, 5) is 0. The van der Waals surface area contributed by atoms with E-state index in [1.807, 2.05) is 0 Å². The third-order valence-corrected chi connectivity index (χ3v) is 3.72. The van der Waals surface area contributed by atoms with Gasteiger partial charge in [-0.3, -0.25) is 0 Å². The van der Waals surface area contributed by atoms with Crippen LogP contribution in [0.1, 0.15) is 0 Å². The molecule has 0 fully saturated rings. The smallest absolute Gasteiger partial charge is 0.0320 e. The Bertz CT molecular complexity index is 755. The molecule has 0 aromatic heterocycles. The second-order valence-electron chi connectivity index (χ2n) is 4.87. The molecule has 0 amide bonds. The second-order valence-corrected chi connectivity index (χ2v) is 6.62. The van der Waals surface area contributed by atoms with Crippen molar-refractivity contribution in [3.8, 4) is 0 Å². The van der Waals surface area contributed by atoms with Gasteiger partial charge in [0.2, 0.25) is 0 Å². The van der Waals surface area contributed by atoms with Gasteiger partial charge in [-0.05, 0) is 72.9 Å². The molecule has 4 rings (SSSR count). The molecule has 0 nitrogen and oxygen atoms in total. The summed E-state index contributed by atoms with van der Waals surface area (Å²) in [5.41, 5.74) is 11.4. The van der Waals surface area contributed by atoms with Gasteiger partial charge in [0.15, 0.2) is 0 Å². The van der Waals surface area contributed by atoms with Crippen molar-refractivity contribution in [2.45, 2.75) is 0 Å². The Hall–Kier alpha value is -0.502. The minimum atomic E-state index is 0. The maximum absolute atomic E-state index is 5.52. The fourth-order valence-corrected chi connectivity index (χ4v) is 1.97. The summed E-state index contributed by atoms with van der Waals surface area (Å²) in [5.74, 6) is 0. The monoisotopic (exact) mass is 644 g/mol. The standard InChI is InChI=1S/4C6H4Cl.BrH.Sb/c4*7-6-4-2-1-3-5-6;;/h4*2-5H;1H;/p-1. The van der Waals surface area contributed by atoms with Crippen molar-refractivity contribution in [2.24, 2.45) is 0 Å². The van der Waals surface area contributed by atoms with Crippen LogP contribution in [0.25, 0.3) is 0 Å². The first-order chi connectivity index (χ1) is 13.6. The van der Waals surface area contributed by atoms with Gasteiger partial charge in [-0.1, -0.05) is 46.4 Å². The van der Waals surface area contributed by atoms with Gasteiger partial charge in [0.1, 0.15) is 0 Å². The molecule has 0 N–H and O–H groups in total. The molecule has 0 saturated heterocycles. The van der Waals surface area contributed by atoms with Crippen LogP contribution in [0, 0.1) is 25.7 Å². The number of allylic oxidation sites excluding steroid dienone is 12. The summed E-state index contributed by atoms with van der Waals surface area (Å²) in [5, 5.41) is 3.05. The van der Waals surface area contributed by atoms with Gasteiger partial charge in [-0.25, -0.2) is 0 Å². The number of rotatable bonds is 0. The minimum Gasteiger partial charge on any atom is -1.00 e. The molecular formula is C24H16BrCl4Sb-. The molecule has 0 aromatic carbocycles. The largest absolute Gasteiger partial charge is 1.00 e. The third kappa shape index (κ3) is 19.5.